The fourth-order valence-corrected chi connectivity index (χ4v) is 4.38. The summed E-state index contributed by atoms with van der Waals surface area (Å²) in [5.74, 6) is -0.202. The van der Waals surface area contributed by atoms with E-state index in [1.165, 1.54) is 10.4 Å². The summed E-state index contributed by atoms with van der Waals surface area (Å²) in [6.07, 6.45) is 3.40. The highest BCUT2D eigenvalue weighted by Gasteiger charge is 2.32. The zero-order valence-electron chi connectivity index (χ0n) is 10.8. The Hall–Kier alpha value is -1.45. The van der Waals surface area contributed by atoms with Gasteiger partial charge >= 0.3 is 0 Å². The van der Waals surface area contributed by atoms with Gasteiger partial charge in [0.05, 0.1) is 11.0 Å². The summed E-state index contributed by atoms with van der Waals surface area (Å²) in [4.78, 5) is 3.68. The summed E-state index contributed by atoms with van der Waals surface area (Å²) in [6, 6.07) is 2.47. The van der Waals surface area contributed by atoms with Gasteiger partial charge in [0, 0.05) is 31.2 Å². The van der Waals surface area contributed by atoms with Gasteiger partial charge in [0.15, 0.2) is 5.82 Å². The maximum atomic E-state index is 14.1. The van der Waals surface area contributed by atoms with E-state index in [-0.39, 0.29) is 23.2 Å². The lowest BCUT2D eigenvalue weighted by molar-refractivity contribution is 0.334. The summed E-state index contributed by atoms with van der Waals surface area (Å²) in [7, 11) is -3.96. The van der Waals surface area contributed by atoms with Gasteiger partial charge in [-0.05, 0) is 28.1 Å². The summed E-state index contributed by atoms with van der Waals surface area (Å²) >= 11 is 2.98. The second-order valence-electron chi connectivity index (χ2n) is 4.69. The smallest absolute Gasteiger partial charge is 0.246 e. The molecule has 0 saturated carbocycles. The standard InChI is InChI=1S/C12H12BrFN4O2S/c13-9-5-8(15)6-10(12(9)14)21(19,20)18-4-3-17-2-1-16-11(17)7-18/h1-2,5-6H,3-4,7,15H2. The second kappa shape index (κ2) is 5.08. The Labute approximate surface area is 129 Å². The molecule has 1 aromatic heterocycles. The Balaban J connectivity index is 2.03. The van der Waals surface area contributed by atoms with Crippen molar-refractivity contribution in [3.63, 3.8) is 0 Å². The summed E-state index contributed by atoms with van der Waals surface area (Å²) in [5.41, 5.74) is 5.80. The van der Waals surface area contributed by atoms with E-state index in [9.17, 15) is 12.8 Å². The number of anilines is 1. The van der Waals surface area contributed by atoms with Crippen molar-refractivity contribution in [2.75, 3.05) is 12.3 Å². The molecule has 0 spiro atoms. The molecule has 0 bridgehead atoms. The highest BCUT2D eigenvalue weighted by Crippen LogP contribution is 2.29. The number of aromatic nitrogens is 2. The van der Waals surface area contributed by atoms with Gasteiger partial charge in [-0.3, -0.25) is 0 Å². The van der Waals surface area contributed by atoms with Crippen molar-refractivity contribution in [3.05, 3.63) is 40.6 Å². The van der Waals surface area contributed by atoms with Gasteiger partial charge in [0.2, 0.25) is 10.0 Å². The molecule has 0 amide bonds. The van der Waals surface area contributed by atoms with Crippen LogP contribution < -0.4 is 5.73 Å². The van der Waals surface area contributed by atoms with E-state index in [0.29, 0.717) is 12.4 Å². The predicted molar refractivity (Wildman–Crippen MR) is 78.3 cm³/mol. The van der Waals surface area contributed by atoms with Crippen molar-refractivity contribution in [1.82, 2.24) is 13.9 Å². The molecule has 2 N–H and O–H groups in total. The van der Waals surface area contributed by atoms with Crippen molar-refractivity contribution in [2.45, 2.75) is 18.0 Å². The van der Waals surface area contributed by atoms with Gasteiger partial charge in [0.25, 0.3) is 0 Å². The lowest BCUT2D eigenvalue weighted by atomic mass is 10.3. The third-order valence-corrected chi connectivity index (χ3v) is 5.77. The van der Waals surface area contributed by atoms with E-state index in [4.69, 9.17) is 5.73 Å². The predicted octanol–water partition coefficient (Wildman–Crippen LogP) is 1.57. The number of hydrogen-bond donors (Lipinski definition) is 1. The first-order chi connectivity index (χ1) is 9.89. The van der Waals surface area contributed by atoms with Gasteiger partial charge in [0.1, 0.15) is 10.7 Å². The first-order valence-corrected chi connectivity index (χ1v) is 8.37. The molecule has 0 fully saturated rings. The Bertz CT molecular complexity index is 806. The van der Waals surface area contributed by atoms with Gasteiger partial charge in [-0.2, -0.15) is 4.31 Å². The van der Waals surface area contributed by atoms with Gasteiger partial charge < -0.3 is 10.3 Å². The number of nitrogens with zero attached hydrogens (tertiary/aromatic N) is 3. The van der Waals surface area contributed by atoms with Crippen molar-refractivity contribution in [1.29, 1.82) is 0 Å². The molecule has 0 atom stereocenters. The summed E-state index contributed by atoms with van der Waals surface area (Å²) in [5, 5.41) is 0. The van der Waals surface area contributed by atoms with E-state index >= 15 is 0 Å². The van der Waals surface area contributed by atoms with Crippen LogP contribution in [-0.2, 0) is 23.1 Å². The van der Waals surface area contributed by atoms with Crippen LogP contribution in [0.5, 0.6) is 0 Å². The number of fused-ring (bicyclic) bond motifs is 1. The zero-order chi connectivity index (χ0) is 15.2. The first kappa shape index (κ1) is 14.5. The average Bonchev–Trinajstić information content (AvgIpc) is 2.89. The largest absolute Gasteiger partial charge is 0.399 e. The number of nitrogens with two attached hydrogens (primary N) is 1. The van der Waals surface area contributed by atoms with Gasteiger partial charge in [-0.15, -0.1) is 0 Å². The average molecular weight is 375 g/mol. The molecule has 9 heteroatoms. The minimum absolute atomic E-state index is 0.0274. The van der Waals surface area contributed by atoms with Crippen LogP contribution >= 0.6 is 15.9 Å². The van der Waals surface area contributed by atoms with E-state index in [1.54, 1.807) is 12.4 Å². The molecule has 2 heterocycles. The van der Waals surface area contributed by atoms with E-state index in [2.05, 4.69) is 20.9 Å². The van der Waals surface area contributed by atoms with Crippen molar-refractivity contribution in [3.8, 4) is 0 Å². The minimum Gasteiger partial charge on any atom is -0.399 e. The van der Waals surface area contributed by atoms with Crippen molar-refractivity contribution < 1.29 is 12.8 Å². The summed E-state index contributed by atoms with van der Waals surface area (Å²) in [6.45, 7) is 0.860. The molecule has 0 radical (unpaired) electrons. The Morgan fingerprint density at radius 3 is 2.86 bits per heavy atom. The third kappa shape index (κ3) is 2.45. The van der Waals surface area contributed by atoms with Crippen LogP contribution in [0.15, 0.2) is 33.9 Å². The molecule has 1 aliphatic rings. The van der Waals surface area contributed by atoms with E-state index in [1.807, 2.05) is 4.57 Å². The molecular formula is C12H12BrFN4O2S. The summed E-state index contributed by atoms with van der Waals surface area (Å²) < 4.78 is 42.5. The topological polar surface area (TPSA) is 81.2 Å². The fraction of sp³-hybridized carbons (Fsp3) is 0.250. The molecular weight excluding hydrogens is 363 g/mol. The quantitative estimate of drug-likeness (QED) is 0.808. The molecule has 6 nitrogen and oxygen atoms in total. The highest BCUT2D eigenvalue weighted by molar-refractivity contribution is 9.10. The second-order valence-corrected chi connectivity index (χ2v) is 7.45. The van der Waals surface area contributed by atoms with Gasteiger partial charge in [-0.1, -0.05) is 0 Å². The fourth-order valence-electron chi connectivity index (χ4n) is 2.27. The van der Waals surface area contributed by atoms with Crippen LogP contribution in [0.4, 0.5) is 10.1 Å². The third-order valence-electron chi connectivity index (χ3n) is 3.34. The van der Waals surface area contributed by atoms with Crippen molar-refractivity contribution >= 4 is 31.6 Å². The maximum absolute atomic E-state index is 14.1. The number of nitrogen functional groups attached to an aromatic ring is 1. The molecule has 1 aliphatic heterocycles. The molecule has 112 valence electrons. The van der Waals surface area contributed by atoms with Crippen LogP contribution in [0.3, 0.4) is 0 Å². The maximum Gasteiger partial charge on any atom is 0.246 e. The molecule has 2 aromatic rings. The first-order valence-electron chi connectivity index (χ1n) is 6.14. The van der Waals surface area contributed by atoms with Crippen LogP contribution in [0.2, 0.25) is 0 Å². The molecule has 3 rings (SSSR count). The zero-order valence-corrected chi connectivity index (χ0v) is 13.2. The Morgan fingerprint density at radius 2 is 2.10 bits per heavy atom. The number of halogens is 2. The highest BCUT2D eigenvalue weighted by atomic mass is 79.9. The van der Waals surface area contributed by atoms with E-state index < -0.39 is 20.7 Å². The van der Waals surface area contributed by atoms with Crippen molar-refractivity contribution in [2.24, 2.45) is 0 Å². The Morgan fingerprint density at radius 1 is 1.33 bits per heavy atom. The van der Waals surface area contributed by atoms with Crippen LogP contribution in [-0.4, -0.2) is 28.8 Å². The minimum atomic E-state index is -3.96. The van der Waals surface area contributed by atoms with E-state index in [0.717, 1.165) is 6.07 Å². The molecule has 0 aliphatic carbocycles. The Kier molecular flexibility index (Phi) is 3.50. The van der Waals surface area contributed by atoms with Crippen LogP contribution in [0.25, 0.3) is 0 Å². The number of rotatable bonds is 2. The number of hydrogen-bond acceptors (Lipinski definition) is 4. The number of benzene rings is 1. The SMILES string of the molecule is Nc1cc(Br)c(F)c(S(=O)(=O)N2CCn3ccnc3C2)c1. The normalized spacial score (nSPS) is 15.9. The number of imidazole rings is 1. The lowest BCUT2D eigenvalue weighted by Gasteiger charge is -2.27. The van der Waals surface area contributed by atoms with Gasteiger partial charge in [-0.25, -0.2) is 17.8 Å². The molecule has 21 heavy (non-hydrogen) atoms. The lowest BCUT2D eigenvalue weighted by Crippen LogP contribution is -2.38. The van der Waals surface area contributed by atoms with Crippen LogP contribution in [0.1, 0.15) is 5.82 Å². The molecule has 1 aromatic carbocycles. The monoisotopic (exact) mass is 374 g/mol. The van der Waals surface area contributed by atoms with Crippen LogP contribution in [0, 0.1) is 5.82 Å². The molecule has 0 saturated heterocycles. The molecule has 0 unspecified atom stereocenters. The number of sulfonamides is 1.